The summed E-state index contributed by atoms with van der Waals surface area (Å²) in [5.74, 6) is -0.779. The molecule has 33 heavy (non-hydrogen) atoms. The number of benzene rings is 2. The summed E-state index contributed by atoms with van der Waals surface area (Å²) in [5, 5.41) is 2.48. The van der Waals surface area contributed by atoms with Crippen molar-refractivity contribution in [3.63, 3.8) is 0 Å². The van der Waals surface area contributed by atoms with Gasteiger partial charge < -0.3 is 15.0 Å². The van der Waals surface area contributed by atoms with E-state index in [9.17, 15) is 31.0 Å². The van der Waals surface area contributed by atoms with Gasteiger partial charge in [0.2, 0.25) is 15.9 Å². The van der Waals surface area contributed by atoms with Crippen LogP contribution in [0, 0.1) is 0 Å². The highest BCUT2D eigenvalue weighted by Crippen LogP contribution is 2.29. The van der Waals surface area contributed by atoms with E-state index < -0.39 is 30.9 Å². The summed E-state index contributed by atoms with van der Waals surface area (Å²) in [4.78, 5) is 25.2. The van der Waals surface area contributed by atoms with Crippen LogP contribution in [-0.2, 0) is 24.9 Å². The molecular weight excluding hydrogens is 474 g/mol. The number of nitrogens with zero attached hydrogens (tertiary/aromatic N) is 2. The highest BCUT2D eigenvalue weighted by atomic mass is 32.2. The summed E-state index contributed by atoms with van der Waals surface area (Å²) in [6, 6.07) is 8.88. The standard InChI is InChI=1S/C20H23N3O8S2/c1-14(24)22-8-10-23(11-9-22)32(26,27)19-12-15(6-7-18(19)31-2)20(25)21-16-4-3-5-17(13-16)33(28,29)30/h3-7,12-13H,8-11H2,1-2H3,(H,21,25)(H,28,29,30). The smallest absolute Gasteiger partial charge is 0.294 e. The summed E-state index contributed by atoms with van der Waals surface area (Å²) in [6.45, 7) is 2.12. The lowest BCUT2D eigenvalue weighted by molar-refractivity contribution is -0.129. The van der Waals surface area contributed by atoms with E-state index in [4.69, 9.17) is 4.74 Å². The molecule has 1 aliphatic rings. The molecule has 2 N–H and O–H groups in total. The molecule has 0 unspecified atom stereocenters. The molecule has 13 heteroatoms. The number of hydrogen-bond acceptors (Lipinski definition) is 7. The van der Waals surface area contributed by atoms with Crippen LogP contribution in [0.3, 0.4) is 0 Å². The Morgan fingerprint density at radius 2 is 1.67 bits per heavy atom. The van der Waals surface area contributed by atoms with Crippen molar-refractivity contribution >= 4 is 37.6 Å². The second-order valence-electron chi connectivity index (χ2n) is 7.23. The molecule has 2 amide bonds. The van der Waals surface area contributed by atoms with Crippen LogP contribution in [0.4, 0.5) is 5.69 Å². The number of ether oxygens (including phenoxy) is 1. The number of hydrogen-bond donors (Lipinski definition) is 2. The Morgan fingerprint density at radius 3 is 2.24 bits per heavy atom. The average molecular weight is 498 g/mol. The minimum atomic E-state index is -4.46. The molecule has 0 atom stereocenters. The molecule has 0 bridgehead atoms. The van der Waals surface area contributed by atoms with E-state index in [-0.39, 0.29) is 54.0 Å². The Balaban J connectivity index is 1.88. The van der Waals surface area contributed by atoms with E-state index in [1.54, 1.807) is 4.90 Å². The van der Waals surface area contributed by atoms with Gasteiger partial charge in [0.05, 0.1) is 12.0 Å². The predicted molar refractivity (Wildman–Crippen MR) is 118 cm³/mol. The minimum Gasteiger partial charge on any atom is -0.495 e. The third-order valence-corrected chi connectivity index (χ3v) is 7.89. The maximum Gasteiger partial charge on any atom is 0.294 e. The SMILES string of the molecule is COc1ccc(C(=O)Nc2cccc(S(=O)(=O)O)c2)cc1S(=O)(=O)N1CCN(C(C)=O)CC1. The van der Waals surface area contributed by atoms with Crippen LogP contribution >= 0.6 is 0 Å². The molecule has 3 rings (SSSR count). The van der Waals surface area contributed by atoms with Crippen molar-refractivity contribution in [2.45, 2.75) is 16.7 Å². The topological polar surface area (TPSA) is 150 Å². The Hall–Kier alpha value is -3.00. The van der Waals surface area contributed by atoms with Gasteiger partial charge >= 0.3 is 0 Å². The molecule has 0 saturated carbocycles. The molecule has 1 heterocycles. The first-order valence-corrected chi connectivity index (χ1v) is 12.6. The summed E-state index contributed by atoms with van der Waals surface area (Å²) < 4.78 is 64.7. The number of piperazine rings is 1. The Morgan fingerprint density at radius 1 is 1.00 bits per heavy atom. The number of carbonyl (C=O) groups excluding carboxylic acids is 2. The van der Waals surface area contributed by atoms with E-state index in [1.807, 2.05) is 0 Å². The lowest BCUT2D eigenvalue weighted by Gasteiger charge is -2.33. The van der Waals surface area contributed by atoms with E-state index in [0.29, 0.717) is 0 Å². The van der Waals surface area contributed by atoms with Crippen LogP contribution in [-0.4, -0.2) is 75.7 Å². The van der Waals surface area contributed by atoms with Gasteiger partial charge in [-0.25, -0.2) is 8.42 Å². The quantitative estimate of drug-likeness (QED) is 0.562. The molecule has 1 fully saturated rings. The molecule has 178 valence electrons. The van der Waals surface area contributed by atoms with Gasteiger partial charge in [0.15, 0.2) is 0 Å². The van der Waals surface area contributed by atoms with E-state index in [0.717, 1.165) is 12.1 Å². The zero-order chi connectivity index (χ0) is 24.4. The monoisotopic (exact) mass is 497 g/mol. The van der Waals surface area contributed by atoms with E-state index >= 15 is 0 Å². The molecular formula is C20H23N3O8S2. The zero-order valence-corrected chi connectivity index (χ0v) is 19.5. The van der Waals surface area contributed by atoms with Crippen LogP contribution in [0.15, 0.2) is 52.3 Å². The molecule has 0 spiro atoms. The lowest BCUT2D eigenvalue weighted by Crippen LogP contribution is -2.50. The first-order chi connectivity index (χ1) is 15.4. The van der Waals surface area contributed by atoms with Crippen molar-refractivity contribution < 1.29 is 35.7 Å². The van der Waals surface area contributed by atoms with Crippen molar-refractivity contribution in [1.29, 1.82) is 0 Å². The Bertz CT molecular complexity index is 1280. The molecule has 0 aliphatic carbocycles. The number of sulfonamides is 1. The van der Waals surface area contributed by atoms with Crippen molar-refractivity contribution in [2.75, 3.05) is 38.6 Å². The van der Waals surface area contributed by atoms with E-state index in [1.165, 1.54) is 48.7 Å². The second-order valence-corrected chi connectivity index (χ2v) is 10.6. The molecule has 1 saturated heterocycles. The van der Waals surface area contributed by atoms with Crippen LogP contribution in [0.2, 0.25) is 0 Å². The fourth-order valence-electron chi connectivity index (χ4n) is 3.34. The normalized spacial score (nSPS) is 15.2. The van der Waals surface area contributed by atoms with Crippen LogP contribution in [0.5, 0.6) is 5.75 Å². The molecule has 0 aromatic heterocycles. The second kappa shape index (κ2) is 9.47. The van der Waals surface area contributed by atoms with Gasteiger partial charge in [-0.2, -0.15) is 12.7 Å². The minimum absolute atomic E-state index is 0.00555. The van der Waals surface area contributed by atoms with Gasteiger partial charge in [0.25, 0.3) is 16.0 Å². The summed E-state index contributed by atoms with van der Waals surface area (Å²) in [6.07, 6.45) is 0. The first kappa shape index (κ1) is 24.6. The molecule has 11 nitrogen and oxygen atoms in total. The van der Waals surface area contributed by atoms with Crippen LogP contribution in [0.1, 0.15) is 17.3 Å². The fourth-order valence-corrected chi connectivity index (χ4v) is 5.47. The third-order valence-electron chi connectivity index (χ3n) is 5.12. The number of carbonyl (C=O) groups is 2. The van der Waals surface area contributed by atoms with Gasteiger partial charge in [-0.15, -0.1) is 0 Å². The molecule has 0 radical (unpaired) electrons. The summed E-state index contributed by atoms with van der Waals surface area (Å²) in [5.41, 5.74) is 0.0877. The van der Waals surface area contributed by atoms with Crippen molar-refractivity contribution in [2.24, 2.45) is 0 Å². The van der Waals surface area contributed by atoms with Gasteiger partial charge in [-0.3, -0.25) is 14.1 Å². The highest BCUT2D eigenvalue weighted by Gasteiger charge is 2.32. The summed E-state index contributed by atoms with van der Waals surface area (Å²) in [7, 11) is -7.18. The fraction of sp³-hybridized carbons (Fsp3) is 0.300. The maximum absolute atomic E-state index is 13.2. The maximum atomic E-state index is 13.2. The number of anilines is 1. The lowest BCUT2D eigenvalue weighted by atomic mass is 10.2. The number of nitrogens with one attached hydrogen (secondary N) is 1. The highest BCUT2D eigenvalue weighted by molar-refractivity contribution is 7.89. The van der Waals surface area contributed by atoms with Crippen molar-refractivity contribution in [3.05, 3.63) is 48.0 Å². The van der Waals surface area contributed by atoms with Crippen LogP contribution in [0.25, 0.3) is 0 Å². The van der Waals surface area contributed by atoms with Gasteiger partial charge in [0.1, 0.15) is 10.6 Å². The third kappa shape index (κ3) is 5.50. The van der Waals surface area contributed by atoms with Crippen molar-refractivity contribution in [1.82, 2.24) is 9.21 Å². The van der Waals surface area contributed by atoms with Crippen molar-refractivity contribution in [3.8, 4) is 5.75 Å². The number of rotatable bonds is 6. The van der Waals surface area contributed by atoms with Gasteiger partial charge in [-0.1, -0.05) is 6.07 Å². The van der Waals surface area contributed by atoms with E-state index in [2.05, 4.69) is 5.32 Å². The zero-order valence-electron chi connectivity index (χ0n) is 17.9. The Labute approximate surface area is 191 Å². The molecule has 1 aliphatic heterocycles. The van der Waals surface area contributed by atoms with Gasteiger partial charge in [0, 0.05) is 44.4 Å². The number of amides is 2. The summed E-state index contributed by atoms with van der Waals surface area (Å²) >= 11 is 0. The largest absolute Gasteiger partial charge is 0.495 e. The Kier molecular flexibility index (Phi) is 7.07. The van der Waals surface area contributed by atoms with Gasteiger partial charge in [-0.05, 0) is 36.4 Å². The first-order valence-electron chi connectivity index (χ1n) is 9.76. The van der Waals surface area contributed by atoms with Crippen LogP contribution < -0.4 is 10.1 Å². The molecule has 2 aromatic rings. The number of methoxy groups -OCH3 is 1. The molecule has 2 aromatic carbocycles. The average Bonchev–Trinajstić information content (AvgIpc) is 2.78. The predicted octanol–water partition coefficient (Wildman–Crippen LogP) is 1.05.